The molecule has 4 rings (SSSR count). The van der Waals surface area contributed by atoms with Gasteiger partial charge in [-0.1, -0.05) is 111 Å². The monoisotopic (exact) mass is 1530 g/mol. The summed E-state index contributed by atoms with van der Waals surface area (Å²) in [7, 11) is 6.18. The molecule has 30 heteroatoms. The highest BCUT2D eigenvalue weighted by atomic mass is 16.6. The van der Waals surface area contributed by atoms with E-state index >= 15 is 0 Å². The van der Waals surface area contributed by atoms with Crippen LogP contribution in [0.4, 0.5) is 26.7 Å². The molecule has 0 radical (unpaired) electrons. The Bertz CT molecular complexity index is 3380. The van der Waals surface area contributed by atoms with E-state index < -0.39 is 101 Å². The Morgan fingerprint density at radius 2 is 1.33 bits per heavy atom. The van der Waals surface area contributed by atoms with Gasteiger partial charge in [0.25, 0.3) is 5.69 Å². The number of nitro groups is 1. The molecule has 0 aliphatic carbocycles. The molecular formula is C79H122N10O20. The van der Waals surface area contributed by atoms with Crippen LogP contribution in [0.2, 0.25) is 0 Å². The predicted octanol–water partition coefficient (Wildman–Crippen LogP) is 8.38. The fraction of sp³-hybridized carbons (Fsp3) is 0.646. The number of anilines is 2. The second-order valence-corrected chi connectivity index (χ2v) is 29.2. The first-order valence-corrected chi connectivity index (χ1v) is 38.0. The average Bonchev–Trinajstić information content (AvgIpc) is 1.80. The molecule has 1 aliphatic rings. The lowest BCUT2D eigenvalue weighted by Gasteiger charge is -2.41. The van der Waals surface area contributed by atoms with Gasteiger partial charge >= 0.3 is 12.1 Å². The molecule has 8 amide bonds. The number of likely N-dealkylation sites (tertiary alicyclic amines) is 1. The summed E-state index contributed by atoms with van der Waals surface area (Å²) in [5.41, 5.74) is 12.4. The summed E-state index contributed by atoms with van der Waals surface area (Å²) in [4.78, 5) is 152. The predicted molar refractivity (Wildman–Crippen MR) is 410 cm³/mol. The highest BCUT2D eigenvalue weighted by Crippen LogP contribution is 2.33. The van der Waals surface area contributed by atoms with E-state index in [1.807, 2.05) is 45.9 Å². The number of carbonyl (C=O) groups is 10. The smallest absolute Gasteiger partial charge is 0.410 e. The van der Waals surface area contributed by atoms with Gasteiger partial charge in [0.15, 0.2) is 17.3 Å². The second-order valence-electron chi connectivity index (χ2n) is 29.2. The van der Waals surface area contributed by atoms with E-state index in [1.54, 1.807) is 94.8 Å². The number of aliphatic hydroxyl groups excluding tert-OH is 1. The van der Waals surface area contributed by atoms with Crippen molar-refractivity contribution in [1.29, 1.82) is 0 Å². The number of ether oxygens (including phenoxy) is 7. The fourth-order valence-electron chi connectivity index (χ4n) is 13.6. The molecule has 0 saturated carbocycles. The first-order chi connectivity index (χ1) is 51.8. The zero-order valence-electron chi connectivity index (χ0n) is 66.3. The molecule has 0 aromatic heterocycles. The first kappa shape index (κ1) is 92.9. The number of hydrogen-bond acceptors (Lipinski definition) is 21. The summed E-state index contributed by atoms with van der Waals surface area (Å²) in [5.74, 6) is -6.35. The van der Waals surface area contributed by atoms with Crippen LogP contribution >= 0.6 is 0 Å². The van der Waals surface area contributed by atoms with E-state index in [2.05, 4.69) is 21.3 Å². The number of urea groups is 1. The Labute approximate surface area is 642 Å². The number of benzene rings is 3. The number of methoxy groups -OCH3 is 2. The number of rotatable bonds is 52. The molecule has 0 bridgehead atoms. The molecule has 3 aromatic carbocycles. The van der Waals surface area contributed by atoms with Crippen LogP contribution in [0, 0.1) is 51.5 Å². The first-order valence-electron chi connectivity index (χ1n) is 38.0. The van der Waals surface area contributed by atoms with E-state index in [1.165, 1.54) is 44.4 Å². The summed E-state index contributed by atoms with van der Waals surface area (Å²) >= 11 is 0. The van der Waals surface area contributed by atoms with E-state index in [0.29, 0.717) is 68.7 Å². The highest BCUT2D eigenvalue weighted by Gasteiger charge is 2.44. The van der Waals surface area contributed by atoms with Crippen LogP contribution in [0.25, 0.3) is 0 Å². The molecule has 109 heavy (non-hydrogen) atoms. The maximum Gasteiger partial charge on any atom is 0.410 e. The number of aliphatic hydroxyl groups is 1. The second kappa shape index (κ2) is 48.2. The number of nitro benzene ring substituents is 1. The largest absolute Gasteiger partial charge is 0.445 e. The number of carbonyl (C=O) groups excluding carboxylic acids is 10. The van der Waals surface area contributed by atoms with E-state index in [9.17, 15) is 63.2 Å². The normalized spacial score (nSPS) is 16.0. The van der Waals surface area contributed by atoms with Crippen LogP contribution in [0.15, 0.2) is 72.8 Å². The van der Waals surface area contributed by atoms with Gasteiger partial charge in [-0.25, -0.2) is 9.59 Å². The van der Waals surface area contributed by atoms with E-state index in [4.69, 9.17) is 44.6 Å². The Morgan fingerprint density at radius 3 is 1.90 bits per heavy atom. The number of nitrogens with one attached hydrogen (secondary N) is 4. The molecule has 0 spiro atoms. The molecule has 1 saturated heterocycles. The lowest BCUT2D eigenvalue weighted by atomic mass is 9.83. The molecule has 608 valence electrons. The Hall–Kier alpha value is -8.52. The number of nitrogens with zero attached hydrogens (tertiary/aromatic N) is 4. The highest BCUT2D eigenvalue weighted by molar-refractivity contribution is 5.98. The van der Waals surface area contributed by atoms with E-state index in [0.717, 1.165) is 0 Å². The van der Waals surface area contributed by atoms with Crippen LogP contribution in [0.5, 0.6) is 0 Å². The number of ketones is 3. The SMILES string of the molecule is CC[C@H](C)[C@@H]([C@@H](CC(=O)N1CCC[C@H]1[C@H](OC)[C@@H](C)C(=O)N[C@H](C)[C@@H](O)c1ccccc1)OC)N(C)C(=O)[C@@H](CC(=O)[C@H](C(C)C)N(C)C(=O)OCc1ccc(NC(=O)[C@H](CCCNC(N)=O)CC(=O)[C@@H](NC(=O)CCOCCOCCOCCOCCCC(=O)c2ccc(N)c([N+](=O)[O-])c2)C(C)C)cc1)C(C)C. The quantitative estimate of drug-likeness (QED) is 0.00916. The fourth-order valence-corrected chi connectivity index (χ4v) is 13.6. The molecule has 1 heterocycles. The number of nitrogen functional groups attached to an aromatic ring is 1. The van der Waals surface area contributed by atoms with Gasteiger partial charge in [0.05, 0.1) is 112 Å². The molecular weight excluding hydrogens is 1410 g/mol. The maximum absolute atomic E-state index is 14.9. The molecule has 9 N–H and O–H groups in total. The standard InChI is InChI=1S/C79H122N10O20/c1-15-52(8)72(67(103-13)47-69(94)88-35-20-25-62(88)74(104-14)53(9)75(96)83-54(10)73(95)56-22-17-16-18-23-56)86(11)77(98)60(49(2)3)46-66(92)71(51(6)7)87(12)79(100)109-48-55-27-30-59(31-28-55)84-76(97)58(24-19-34-82-78(81)99)45-65(91)70(50(4)5)85-68(93)33-37-106-39-41-108-43-42-107-40-38-105-36-21-26-64(90)57-29-32-61(80)63(44-57)89(101)102/h16-18,22-23,27-32,44,49-54,58,60,62,67,70-74,95H,15,19-21,24-26,33-43,45-48,80H2,1-14H3,(H,83,96)(H,84,97)(H,85,93)(H3,81,82,99)/t52-,53+,54+,58+,60-,62-,67+,70-,71-,72-,73+,74+/m0/s1. The van der Waals surface area contributed by atoms with Gasteiger partial charge < -0.3 is 85.7 Å². The molecule has 1 fully saturated rings. The van der Waals surface area contributed by atoms with Gasteiger partial charge in [0.2, 0.25) is 29.5 Å². The van der Waals surface area contributed by atoms with Crippen LogP contribution in [0.1, 0.15) is 167 Å². The maximum atomic E-state index is 14.9. The molecule has 12 atom stereocenters. The van der Waals surface area contributed by atoms with Gasteiger partial charge in [-0.3, -0.25) is 48.5 Å². The summed E-state index contributed by atoms with van der Waals surface area (Å²) in [6.45, 7) is 20.6. The van der Waals surface area contributed by atoms with Crippen molar-refractivity contribution in [2.75, 3.05) is 105 Å². The lowest BCUT2D eigenvalue weighted by molar-refractivity contribution is -0.383. The van der Waals surface area contributed by atoms with Crippen LogP contribution < -0.4 is 32.7 Å². The zero-order chi connectivity index (χ0) is 81.0. The number of hydrogen-bond donors (Lipinski definition) is 7. The third kappa shape index (κ3) is 30.4. The number of Topliss-reactive ketones (excluding diaryl/α,β-unsaturated/α-hetero) is 3. The molecule has 3 aromatic rings. The minimum Gasteiger partial charge on any atom is -0.445 e. The minimum atomic E-state index is -0.981. The Balaban J connectivity index is 1.27. The van der Waals surface area contributed by atoms with Gasteiger partial charge in [-0.15, -0.1) is 0 Å². The summed E-state index contributed by atoms with van der Waals surface area (Å²) in [6.07, 6.45) is -0.744. The van der Waals surface area contributed by atoms with Gasteiger partial charge in [0, 0.05) is 103 Å². The minimum absolute atomic E-state index is 0.0154. The summed E-state index contributed by atoms with van der Waals surface area (Å²) in [6, 6.07) is 15.2. The lowest BCUT2D eigenvalue weighted by Crippen LogP contribution is -2.55. The van der Waals surface area contributed by atoms with Crippen LogP contribution in [-0.2, 0) is 73.3 Å². The van der Waals surface area contributed by atoms with Crippen molar-refractivity contribution in [3.8, 4) is 0 Å². The molecule has 0 unspecified atom stereocenters. The molecule has 1 aliphatic heterocycles. The van der Waals surface area contributed by atoms with Gasteiger partial charge in [0.1, 0.15) is 12.3 Å². The van der Waals surface area contributed by atoms with Gasteiger partial charge in [-0.2, -0.15) is 0 Å². The van der Waals surface area contributed by atoms with Crippen LogP contribution in [-0.4, -0.2) is 220 Å². The summed E-state index contributed by atoms with van der Waals surface area (Å²) in [5, 5.41) is 33.2. The third-order valence-corrected chi connectivity index (χ3v) is 20.0. The van der Waals surface area contributed by atoms with Gasteiger partial charge in [-0.05, 0) is 98.1 Å². The van der Waals surface area contributed by atoms with Crippen molar-refractivity contribution in [3.63, 3.8) is 0 Å². The number of likely N-dealkylation sites (N-methyl/N-ethyl adjacent to an activating group) is 2. The Morgan fingerprint density at radius 1 is 0.706 bits per heavy atom. The molecule has 30 nitrogen and oxygen atoms in total. The van der Waals surface area contributed by atoms with Crippen molar-refractivity contribution < 1.29 is 91.1 Å². The third-order valence-electron chi connectivity index (χ3n) is 20.0. The number of primary amides is 1. The number of nitrogens with two attached hydrogens (primary N) is 2. The van der Waals surface area contributed by atoms with Crippen molar-refractivity contribution in [1.82, 2.24) is 30.7 Å². The van der Waals surface area contributed by atoms with Crippen molar-refractivity contribution in [2.45, 2.75) is 195 Å². The van der Waals surface area contributed by atoms with E-state index in [-0.39, 0.29) is 161 Å². The van der Waals surface area contributed by atoms with Crippen LogP contribution in [0.3, 0.4) is 0 Å². The zero-order valence-corrected chi connectivity index (χ0v) is 66.3. The topological polar surface area (TPSA) is 409 Å². The van der Waals surface area contributed by atoms with Crippen molar-refractivity contribution in [2.24, 2.45) is 47.2 Å². The van der Waals surface area contributed by atoms with Crippen molar-refractivity contribution >= 4 is 76.1 Å². The summed E-state index contributed by atoms with van der Waals surface area (Å²) < 4.78 is 40.0. The Kier molecular flexibility index (Phi) is 41.1. The number of amides is 8. The average molecular weight is 1530 g/mol. The van der Waals surface area contributed by atoms with Crippen molar-refractivity contribution in [3.05, 3.63) is 99.6 Å².